The minimum Gasteiger partial charge on any atom is -0.385 e. The number of halogens is 2. The van der Waals surface area contributed by atoms with Gasteiger partial charge in [-0.3, -0.25) is 0 Å². The predicted molar refractivity (Wildman–Crippen MR) is 81.6 cm³/mol. The highest BCUT2D eigenvalue weighted by molar-refractivity contribution is 5.26. The van der Waals surface area contributed by atoms with Crippen LogP contribution < -0.4 is 5.32 Å². The first kappa shape index (κ1) is 17.3. The molecule has 0 unspecified atom stereocenters. The molecule has 0 saturated carbocycles. The molecule has 0 spiro atoms. The van der Waals surface area contributed by atoms with Gasteiger partial charge < -0.3 is 15.2 Å². The standard InChI is InChI=1S/C17H25F2NO2/c1-22-11-3-2-9-17(21,13-6-5-10-20-12-13)14-7-4-8-15(18)16(14)19/h4,7-8,13,20-21H,2-3,5-6,9-12H2,1H3/t13-,17+/m1/s1. The van der Waals surface area contributed by atoms with E-state index in [2.05, 4.69) is 5.32 Å². The van der Waals surface area contributed by atoms with Gasteiger partial charge in [-0.2, -0.15) is 0 Å². The highest BCUT2D eigenvalue weighted by atomic mass is 19.2. The van der Waals surface area contributed by atoms with E-state index in [0.29, 0.717) is 26.0 Å². The highest BCUT2D eigenvalue weighted by Gasteiger charge is 2.40. The maximum Gasteiger partial charge on any atom is 0.164 e. The number of piperidine rings is 1. The van der Waals surface area contributed by atoms with Crippen molar-refractivity contribution < 1.29 is 18.6 Å². The second kappa shape index (κ2) is 7.99. The number of hydrogen-bond donors (Lipinski definition) is 2. The van der Waals surface area contributed by atoms with Crippen molar-refractivity contribution in [1.29, 1.82) is 0 Å². The molecule has 0 bridgehead atoms. The van der Waals surface area contributed by atoms with Gasteiger partial charge in [0.2, 0.25) is 0 Å². The van der Waals surface area contributed by atoms with Crippen LogP contribution in [0.25, 0.3) is 0 Å². The van der Waals surface area contributed by atoms with Gasteiger partial charge in [0.15, 0.2) is 11.6 Å². The Morgan fingerprint density at radius 1 is 1.36 bits per heavy atom. The highest BCUT2D eigenvalue weighted by Crippen LogP contribution is 2.39. The zero-order valence-corrected chi connectivity index (χ0v) is 13.1. The fraction of sp³-hybridized carbons (Fsp3) is 0.647. The second-order valence-electron chi connectivity index (χ2n) is 6.02. The first-order valence-electron chi connectivity index (χ1n) is 7.96. The van der Waals surface area contributed by atoms with Crippen molar-refractivity contribution in [3.05, 3.63) is 35.4 Å². The fourth-order valence-electron chi connectivity index (χ4n) is 3.30. The zero-order chi connectivity index (χ0) is 16.0. The molecule has 1 saturated heterocycles. The Hall–Kier alpha value is -1.04. The van der Waals surface area contributed by atoms with E-state index in [1.165, 1.54) is 12.1 Å². The molecule has 2 atom stereocenters. The van der Waals surface area contributed by atoms with Crippen LogP contribution in [-0.2, 0) is 10.3 Å². The number of nitrogens with one attached hydrogen (secondary N) is 1. The summed E-state index contributed by atoms with van der Waals surface area (Å²) in [5, 5.41) is 14.5. The molecule has 5 heteroatoms. The van der Waals surface area contributed by atoms with Crippen LogP contribution in [0.4, 0.5) is 8.78 Å². The molecule has 2 N–H and O–H groups in total. The Morgan fingerprint density at radius 3 is 2.86 bits per heavy atom. The Bertz CT molecular complexity index is 478. The lowest BCUT2D eigenvalue weighted by atomic mass is 9.74. The van der Waals surface area contributed by atoms with Gasteiger partial charge in [-0.05, 0) is 44.7 Å². The largest absolute Gasteiger partial charge is 0.385 e. The van der Waals surface area contributed by atoms with Crippen molar-refractivity contribution in [3.8, 4) is 0 Å². The third-order valence-electron chi connectivity index (χ3n) is 4.55. The molecule has 1 aliphatic heterocycles. The quantitative estimate of drug-likeness (QED) is 0.761. The molecule has 1 aromatic rings. The SMILES string of the molecule is COCCCC[C@@](O)(c1cccc(F)c1F)[C@@H]1CCCNC1. The second-order valence-corrected chi connectivity index (χ2v) is 6.02. The first-order chi connectivity index (χ1) is 10.6. The van der Waals surface area contributed by atoms with Crippen molar-refractivity contribution in [3.63, 3.8) is 0 Å². The van der Waals surface area contributed by atoms with Crippen LogP contribution in [0.1, 0.15) is 37.7 Å². The summed E-state index contributed by atoms with van der Waals surface area (Å²) >= 11 is 0. The molecule has 0 radical (unpaired) electrons. The third-order valence-corrected chi connectivity index (χ3v) is 4.55. The van der Waals surface area contributed by atoms with Gasteiger partial charge in [0, 0.05) is 31.7 Å². The topological polar surface area (TPSA) is 41.5 Å². The fourth-order valence-corrected chi connectivity index (χ4v) is 3.30. The number of rotatable bonds is 7. The van der Waals surface area contributed by atoms with Crippen molar-refractivity contribution in [1.82, 2.24) is 5.32 Å². The Morgan fingerprint density at radius 2 is 2.18 bits per heavy atom. The van der Waals surface area contributed by atoms with E-state index in [-0.39, 0.29) is 11.5 Å². The number of benzene rings is 1. The van der Waals surface area contributed by atoms with E-state index in [0.717, 1.165) is 31.9 Å². The lowest BCUT2D eigenvalue weighted by Gasteiger charge is -2.39. The van der Waals surface area contributed by atoms with Gasteiger partial charge in [0.25, 0.3) is 0 Å². The summed E-state index contributed by atoms with van der Waals surface area (Å²) in [7, 11) is 1.63. The minimum atomic E-state index is -1.34. The van der Waals surface area contributed by atoms with Gasteiger partial charge >= 0.3 is 0 Å². The maximum absolute atomic E-state index is 14.2. The summed E-state index contributed by atoms with van der Waals surface area (Å²) in [5.41, 5.74) is -1.26. The molecule has 124 valence electrons. The zero-order valence-electron chi connectivity index (χ0n) is 13.1. The van der Waals surface area contributed by atoms with Crippen LogP contribution in [-0.4, -0.2) is 31.9 Å². The van der Waals surface area contributed by atoms with Crippen LogP contribution in [0.3, 0.4) is 0 Å². The van der Waals surface area contributed by atoms with Crippen LogP contribution in [0.5, 0.6) is 0 Å². The van der Waals surface area contributed by atoms with Gasteiger partial charge in [0.1, 0.15) is 0 Å². The van der Waals surface area contributed by atoms with Gasteiger partial charge in [-0.25, -0.2) is 8.78 Å². The van der Waals surface area contributed by atoms with Crippen LogP contribution in [0, 0.1) is 17.6 Å². The summed E-state index contributed by atoms with van der Waals surface area (Å²) in [5.74, 6) is -1.95. The first-order valence-corrected chi connectivity index (χ1v) is 7.96. The van der Waals surface area contributed by atoms with Crippen LogP contribution >= 0.6 is 0 Å². The number of methoxy groups -OCH3 is 1. The van der Waals surface area contributed by atoms with E-state index >= 15 is 0 Å². The van der Waals surface area contributed by atoms with E-state index in [1.807, 2.05) is 0 Å². The number of unbranched alkanes of at least 4 members (excludes halogenated alkanes) is 1. The molecule has 3 nitrogen and oxygen atoms in total. The summed E-state index contributed by atoms with van der Waals surface area (Å²) < 4.78 is 32.9. The van der Waals surface area contributed by atoms with Crippen molar-refractivity contribution in [2.75, 3.05) is 26.8 Å². The molecular formula is C17H25F2NO2. The molecule has 1 heterocycles. The maximum atomic E-state index is 14.2. The van der Waals surface area contributed by atoms with E-state index in [9.17, 15) is 13.9 Å². The smallest absolute Gasteiger partial charge is 0.164 e. The van der Waals surface area contributed by atoms with Gasteiger partial charge in [-0.1, -0.05) is 12.1 Å². The molecule has 1 aliphatic rings. The molecule has 2 rings (SSSR count). The summed E-state index contributed by atoms with van der Waals surface area (Å²) in [4.78, 5) is 0. The normalized spacial score (nSPS) is 21.5. The molecule has 22 heavy (non-hydrogen) atoms. The molecule has 0 amide bonds. The average molecular weight is 313 g/mol. The third kappa shape index (κ3) is 3.83. The Balaban J connectivity index is 2.25. The molecule has 1 fully saturated rings. The van der Waals surface area contributed by atoms with Gasteiger partial charge in [-0.15, -0.1) is 0 Å². The number of aliphatic hydroxyl groups is 1. The Labute approximate surface area is 130 Å². The lowest BCUT2D eigenvalue weighted by molar-refractivity contribution is -0.0465. The molecular weight excluding hydrogens is 288 g/mol. The van der Waals surface area contributed by atoms with E-state index in [4.69, 9.17) is 4.74 Å². The van der Waals surface area contributed by atoms with Crippen molar-refractivity contribution >= 4 is 0 Å². The average Bonchev–Trinajstić information content (AvgIpc) is 2.55. The lowest BCUT2D eigenvalue weighted by Crippen LogP contribution is -2.45. The van der Waals surface area contributed by atoms with Gasteiger partial charge in [0.05, 0.1) is 5.60 Å². The minimum absolute atomic E-state index is 0.0821. The van der Waals surface area contributed by atoms with Crippen LogP contribution in [0.15, 0.2) is 18.2 Å². The van der Waals surface area contributed by atoms with Crippen molar-refractivity contribution in [2.24, 2.45) is 5.92 Å². The van der Waals surface area contributed by atoms with E-state index in [1.54, 1.807) is 7.11 Å². The van der Waals surface area contributed by atoms with Crippen molar-refractivity contribution in [2.45, 2.75) is 37.7 Å². The van der Waals surface area contributed by atoms with E-state index < -0.39 is 17.2 Å². The summed E-state index contributed by atoms with van der Waals surface area (Å²) in [6, 6.07) is 4.05. The Kier molecular flexibility index (Phi) is 6.29. The monoisotopic (exact) mass is 313 g/mol. The summed E-state index contributed by atoms with van der Waals surface area (Å²) in [6.45, 7) is 2.13. The molecule has 1 aromatic carbocycles. The summed E-state index contributed by atoms with van der Waals surface area (Å²) in [6.07, 6.45) is 3.64. The predicted octanol–water partition coefficient (Wildman–Crippen LogP) is 2.97. The molecule has 0 aliphatic carbocycles. The number of ether oxygens (including phenoxy) is 1. The molecule has 0 aromatic heterocycles. The van der Waals surface area contributed by atoms with Crippen LogP contribution in [0.2, 0.25) is 0 Å². The number of hydrogen-bond acceptors (Lipinski definition) is 3.